The third-order valence-electron chi connectivity index (χ3n) is 2.68. The van der Waals surface area contributed by atoms with Crippen LogP contribution in [0, 0.1) is 5.92 Å². The van der Waals surface area contributed by atoms with Crippen LogP contribution in [0.4, 0.5) is 0 Å². The molecule has 0 bridgehead atoms. The Balaban J connectivity index is 2.40. The van der Waals surface area contributed by atoms with Crippen LogP contribution in [-0.2, 0) is 6.42 Å². The van der Waals surface area contributed by atoms with E-state index in [9.17, 15) is 0 Å². The maximum absolute atomic E-state index is 4.35. The molecule has 0 radical (unpaired) electrons. The fourth-order valence-corrected chi connectivity index (χ4v) is 1.65. The first-order chi connectivity index (χ1) is 7.22. The van der Waals surface area contributed by atoms with E-state index in [4.69, 9.17) is 0 Å². The number of nitrogens with one attached hydrogen (secondary N) is 1. The highest BCUT2D eigenvalue weighted by Crippen LogP contribution is 2.10. The minimum Gasteiger partial charge on any atom is -0.317 e. The van der Waals surface area contributed by atoms with E-state index in [0.717, 1.165) is 12.3 Å². The van der Waals surface area contributed by atoms with Gasteiger partial charge in [-0.3, -0.25) is 4.98 Å². The molecule has 0 saturated heterocycles. The normalized spacial score (nSPS) is 13.1. The van der Waals surface area contributed by atoms with Gasteiger partial charge in [-0.25, -0.2) is 0 Å². The van der Waals surface area contributed by atoms with E-state index < -0.39 is 0 Å². The van der Waals surface area contributed by atoms with Crippen LogP contribution in [0.2, 0.25) is 0 Å². The summed E-state index contributed by atoms with van der Waals surface area (Å²) in [6, 6.07) is 6.67. The third kappa shape index (κ3) is 4.93. The van der Waals surface area contributed by atoms with Gasteiger partial charge in [0.2, 0.25) is 0 Å². The summed E-state index contributed by atoms with van der Waals surface area (Å²) in [7, 11) is 2.04. The van der Waals surface area contributed by atoms with Gasteiger partial charge in [0.05, 0.1) is 0 Å². The van der Waals surface area contributed by atoms with Gasteiger partial charge in [0.25, 0.3) is 0 Å². The Morgan fingerprint density at radius 3 is 2.60 bits per heavy atom. The number of pyridine rings is 1. The molecule has 1 N–H and O–H groups in total. The molecule has 1 aromatic rings. The lowest BCUT2D eigenvalue weighted by molar-refractivity contribution is 0.448. The lowest BCUT2D eigenvalue weighted by Gasteiger charge is -2.16. The summed E-state index contributed by atoms with van der Waals surface area (Å²) in [6.45, 7) is 4.54. The second-order valence-corrected chi connectivity index (χ2v) is 4.48. The maximum atomic E-state index is 4.35. The van der Waals surface area contributed by atoms with Crippen molar-refractivity contribution in [3.8, 4) is 0 Å². The van der Waals surface area contributed by atoms with Gasteiger partial charge in [0.1, 0.15) is 0 Å². The largest absolute Gasteiger partial charge is 0.317 e. The number of aromatic nitrogens is 1. The van der Waals surface area contributed by atoms with Crippen LogP contribution in [0.5, 0.6) is 0 Å². The van der Waals surface area contributed by atoms with E-state index >= 15 is 0 Å². The van der Waals surface area contributed by atoms with Gasteiger partial charge in [0.15, 0.2) is 0 Å². The van der Waals surface area contributed by atoms with Crippen LogP contribution in [0.3, 0.4) is 0 Å². The summed E-state index contributed by atoms with van der Waals surface area (Å²) in [5, 5.41) is 3.37. The predicted molar refractivity (Wildman–Crippen MR) is 64.9 cm³/mol. The van der Waals surface area contributed by atoms with Crippen LogP contribution in [0.1, 0.15) is 32.4 Å². The van der Waals surface area contributed by atoms with Crippen LogP contribution in [-0.4, -0.2) is 18.1 Å². The Labute approximate surface area is 93.1 Å². The summed E-state index contributed by atoms with van der Waals surface area (Å²) in [5.74, 6) is 0.782. The van der Waals surface area contributed by atoms with E-state index in [2.05, 4.69) is 36.3 Å². The topological polar surface area (TPSA) is 24.9 Å². The molecule has 1 rings (SSSR count). The molecule has 0 fully saturated rings. The average molecular weight is 206 g/mol. The smallest absolute Gasteiger partial charge is 0.0419 e. The van der Waals surface area contributed by atoms with Crippen LogP contribution in [0.15, 0.2) is 24.4 Å². The van der Waals surface area contributed by atoms with Crippen LogP contribution in [0.25, 0.3) is 0 Å². The van der Waals surface area contributed by atoms with Gasteiger partial charge in [-0.2, -0.15) is 0 Å². The molecule has 0 aliphatic carbocycles. The summed E-state index contributed by atoms with van der Waals surface area (Å²) in [4.78, 5) is 4.35. The van der Waals surface area contributed by atoms with Gasteiger partial charge in [-0.05, 0) is 37.9 Å². The van der Waals surface area contributed by atoms with Crippen molar-refractivity contribution in [3.63, 3.8) is 0 Å². The lowest BCUT2D eigenvalue weighted by atomic mass is 10.00. The minimum absolute atomic E-state index is 0.558. The predicted octanol–water partition coefficient (Wildman–Crippen LogP) is 2.65. The van der Waals surface area contributed by atoms with Crippen molar-refractivity contribution in [2.45, 2.75) is 39.2 Å². The van der Waals surface area contributed by atoms with Crippen molar-refractivity contribution in [1.29, 1.82) is 0 Å². The fraction of sp³-hybridized carbons (Fsp3) is 0.615. The molecule has 0 amide bonds. The lowest BCUT2D eigenvalue weighted by Crippen LogP contribution is -2.28. The monoisotopic (exact) mass is 206 g/mol. The van der Waals surface area contributed by atoms with Crippen molar-refractivity contribution in [2.24, 2.45) is 5.92 Å². The zero-order chi connectivity index (χ0) is 11.1. The Morgan fingerprint density at radius 2 is 2.07 bits per heavy atom. The Hall–Kier alpha value is -0.890. The van der Waals surface area contributed by atoms with Crippen LogP contribution < -0.4 is 5.32 Å². The van der Waals surface area contributed by atoms with E-state index in [0.29, 0.717) is 6.04 Å². The Kier molecular flexibility index (Phi) is 5.33. The van der Waals surface area contributed by atoms with E-state index in [1.165, 1.54) is 18.5 Å². The number of rotatable bonds is 6. The average Bonchev–Trinajstić information content (AvgIpc) is 2.25. The van der Waals surface area contributed by atoms with E-state index in [1.54, 1.807) is 0 Å². The molecule has 0 aliphatic rings. The number of likely N-dealkylation sites (N-methyl/N-ethyl adjacent to an activating group) is 1. The highest BCUT2D eigenvalue weighted by Gasteiger charge is 2.08. The molecule has 15 heavy (non-hydrogen) atoms. The zero-order valence-corrected chi connectivity index (χ0v) is 10.0. The molecule has 1 aromatic heterocycles. The van der Waals surface area contributed by atoms with Gasteiger partial charge < -0.3 is 5.32 Å². The highest BCUT2D eigenvalue weighted by molar-refractivity contribution is 5.05. The van der Waals surface area contributed by atoms with Crippen molar-refractivity contribution < 1.29 is 0 Å². The molecule has 0 saturated carbocycles. The summed E-state index contributed by atoms with van der Waals surface area (Å²) >= 11 is 0. The molecule has 2 heteroatoms. The zero-order valence-electron chi connectivity index (χ0n) is 10.0. The second-order valence-electron chi connectivity index (χ2n) is 4.48. The van der Waals surface area contributed by atoms with Crippen molar-refractivity contribution in [3.05, 3.63) is 30.1 Å². The molecule has 2 nitrogen and oxygen atoms in total. The molecule has 84 valence electrons. The van der Waals surface area contributed by atoms with Gasteiger partial charge >= 0.3 is 0 Å². The van der Waals surface area contributed by atoms with Gasteiger partial charge in [-0.1, -0.05) is 19.9 Å². The molecular formula is C13H22N2. The molecular weight excluding hydrogens is 184 g/mol. The molecule has 0 aromatic carbocycles. The second kappa shape index (κ2) is 6.57. The number of nitrogens with zero attached hydrogens (tertiary/aromatic N) is 1. The van der Waals surface area contributed by atoms with Crippen molar-refractivity contribution >= 4 is 0 Å². The quantitative estimate of drug-likeness (QED) is 0.774. The molecule has 1 atom stereocenters. The standard InChI is InChI=1S/C13H22N2/c1-11(2)7-8-12(14-3)10-13-6-4-5-9-15-13/h4-6,9,11-12,14H,7-8,10H2,1-3H3. The van der Waals surface area contributed by atoms with Crippen molar-refractivity contribution in [1.82, 2.24) is 10.3 Å². The number of hydrogen-bond donors (Lipinski definition) is 1. The first kappa shape index (κ1) is 12.2. The molecule has 0 spiro atoms. The van der Waals surface area contributed by atoms with Gasteiger partial charge in [0, 0.05) is 24.4 Å². The fourth-order valence-electron chi connectivity index (χ4n) is 1.65. The molecule has 1 heterocycles. The van der Waals surface area contributed by atoms with Gasteiger partial charge in [-0.15, -0.1) is 0 Å². The molecule has 1 unspecified atom stereocenters. The first-order valence-electron chi connectivity index (χ1n) is 5.79. The van der Waals surface area contributed by atoms with Crippen LogP contribution >= 0.6 is 0 Å². The number of hydrogen-bond acceptors (Lipinski definition) is 2. The Bertz CT molecular complexity index is 256. The Morgan fingerprint density at radius 1 is 1.27 bits per heavy atom. The molecule has 0 aliphatic heterocycles. The minimum atomic E-state index is 0.558. The highest BCUT2D eigenvalue weighted by atomic mass is 14.9. The summed E-state index contributed by atoms with van der Waals surface area (Å²) < 4.78 is 0. The maximum Gasteiger partial charge on any atom is 0.0419 e. The third-order valence-corrected chi connectivity index (χ3v) is 2.68. The summed E-state index contributed by atoms with van der Waals surface area (Å²) in [6.07, 6.45) is 5.40. The van der Waals surface area contributed by atoms with E-state index in [1.807, 2.05) is 19.3 Å². The van der Waals surface area contributed by atoms with E-state index in [-0.39, 0.29) is 0 Å². The van der Waals surface area contributed by atoms with Crippen molar-refractivity contribution in [2.75, 3.05) is 7.05 Å². The SMILES string of the molecule is CNC(CCC(C)C)Cc1ccccn1. The first-order valence-corrected chi connectivity index (χ1v) is 5.79. The summed E-state index contributed by atoms with van der Waals surface area (Å²) in [5.41, 5.74) is 1.18.